The maximum atomic E-state index is 4.64. The van der Waals surface area contributed by atoms with Crippen LogP contribution < -0.4 is 5.32 Å². The summed E-state index contributed by atoms with van der Waals surface area (Å²) in [5, 5.41) is 7.84. The number of aryl methyl sites for hydroxylation is 4. The summed E-state index contributed by atoms with van der Waals surface area (Å²) >= 11 is 0. The van der Waals surface area contributed by atoms with Crippen LogP contribution in [0.4, 0.5) is 0 Å². The Bertz CT molecular complexity index is 586. The first-order valence-corrected chi connectivity index (χ1v) is 6.71. The highest BCUT2D eigenvalue weighted by molar-refractivity contribution is 5.75. The number of nitrogens with one attached hydrogen (secondary N) is 1. The molecule has 0 saturated heterocycles. The van der Waals surface area contributed by atoms with Crippen LogP contribution >= 0.6 is 0 Å². The number of benzene rings is 1. The van der Waals surface area contributed by atoms with E-state index < -0.39 is 0 Å². The van der Waals surface area contributed by atoms with Crippen molar-refractivity contribution < 1.29 is 0 Å². The fourth-order valence-corrected chi connectivity index (χ4v) is 2.87. The number of nitrogens with zero attached hydrogens (tertiary/aromatic N) is 2. The molecule has 0 spiro atoms. The molecule has 1 aromatic carbocycles. The Labute approximate surface area is 115 Å². The van der Waals surface area contributed by atoms with E-state index in [4.69, 9.17) is 0 Å². The largest absolute Gasteiger partial charge is 0.314 e. The van der Waals surface area contributed by atoms with E-state index in [9.17, 15) is 0 Å². The SMILES string of the molecule is CNCc1nn(C)c(C)c1-c1c(C)cc(C)cc1C. The zero-order valence-electron chi connectivity index (χ0n) is 12.8. The third kappa shape index (κ3) is 2.43. The molecule has 0 aliphatic carbocycles. The quantitative estimate of drug-likeness (QED) is 0.916. The highest BCUT2D eigenvalue weighted by Crippen LogP contribution is 2.33. The molecule has 0 fully saturated rings. The Kier molecular flexibility index (Phi) is 3.76. The van der Waals surface area contributed by atoms with E-state index in [0.717, 1.165) is 12.2 Å². The minimum atomic E-state index is 0.795. The van der Waals surface area contributed by atoms with Gasteiger partial charge in [-0.3, -0.25) is 4.68 Å². The lowest BCUT2D eigenvalue weighted by Gasteiger charge is -2.13. The third-order valence-electron chi connectivity index (χ3n) is 3.68. The minimum Gasteiger partial charge on any atom is -0.314 e. The topological polar surface area (TPSA) is 29.9 Å². The van der Waals surface area contributed by atoms with Crippen LogP contribution in [0, 0.1) is 27.7 Å². The van der Waals surface area contributed by atoms with Gasteiger partial charge in [-0.1, -0.05) is 17.7 Å². The molecular formula is C16H23N3. The van der Waals surface area contributed by atoms with Crippen molar-refractivity contribution in [1.82, 2.24) is 15.1 Å². The Morgan fingerprint density at radius 1 is 1.05 bits per heavy atom. The van der Waals surface area contributed by atoms with Gasteiger partial charge in [-0.15, -0.1) is 0 Å². The van der Waals surface area contributed by atoms with Gasteiger partial charge in [0.2, 0.25) is 0 Å². The van der Waals surface area contributed by atoms with Crippen molar-refractivity contribution in [3.05, 3.63) is 40.2 Å². The zero-order valence-corrected chi connectivity index (χ0v) is 12.8. The fraction of sp³-hybridized carbons (Fsp3) is 0.438. The van der Waals surface area contributed by atoms with Crippen LogP contribution in [0.5, 0.6) is 0 Å². The molecule has 0 amide bonds. The molecule has 0 aliphatic rings. The molecule has 1 aromatic heterocycles. The molecule has 1 N–H and O–H groups in total. The Morgan fingerprint density at radius 3 is 2.16 bits per heavy atom. The molecule has 19 heavy (non-hydrogen) atoms. The van der Waals surface area contributed by atoms with Crippen molar-refractivity contribution in [2.24, 2.45) is 7.05 Å². The summed E-state index contributed by atoms with van der Waals surface area (Å²) in [4.78, 5) is 0. The highest BCUT2D eigenvalue weighted by Gasteiger charge is 2.17. The lowest BCUT2D eigenvalue weighted by Crippen LogP contribution is -2.07. The van der Waals surface area contributed by atoms with Crippen molar-refractivity contribution >= 4 is 0 Å². The molecule has 2 aromatic rings. The lowest BCUT2D eigenvalue weighted by atomic mass is 9.92. The van der Waals surface area contributed by atoms with Gasteiger partial charge in [-0.05, 0) is 51.4 Å². The van der Waals surface area contributed by atoms with Gasteiger partial charge in [0, 0.05) is 24.8 Å². The molecule has 0 saturated carbocycles. The molecule has 3 nitrogen and oxygen atoms in total. The van der Waals surface area contributed by atoms with Crippen molar-refractivity contribution in [2.75, 3.05) is 7.05 Å². The molecule has 2 rings (SSSR count). The van der Waals surface area contributed by atoms with E-state index in [1.165, 1.54) is 33.5 Å². The maximum Gasteiger partial charge on any atom is 0.0843 e. The minimum absolute atomic E-state index is 0.795. The fourth-order valence-electron chi connectivity index (χ4n) is 2.87. The first-order chi connectivity index (χ1) is 8.95. The normalized spacial score (nSPS) is 11.1. The summed E-state index contributed by atoms with van der Waals surface area (Å²) in [7, 11) is 3.97. The van der Waals surface area contributed by atoms with Crippen LogP contribution in [-0.2, 0) is 13.6 Å². The summed E-state index contributed by atoms with van der Waals surface area (Å²) in [5.74, 6) is 0. The standard InChI is InChI=1S/C16H23N3/c1-10-7-11(2)15(12(3)8-10)16-13(4)19(6)18-14(16)9-17-5/h7-8,17H,9H2,1-6H3. The van der Waals surface area contributed by atoms with E-state index in [1.54, 1.807) is 0 Å². The second-order valence-electron chi connectivity index (χ2n) is 5.33. The van der Waals surface area contributed by atoms with Gasteiger partial charge in [-0.25, -0.2) is 0 Å². The van der Waals surface area contributed by atoms with Gasteiger partial charge in [-0.2, -0.15) is 5.10 Å². The average Bonchev–Trinajstić information content (AvgIpc) is 2.56. The van der Waals surface area contributed by atoms with Gasteiger partial charge in [0.25, 0.3) is 0 Å². The van der Waals surface area contributed by atoms with Crippen LogP contribution in [0.15, 0.2) is 12.1 Å². The molecule has 0 aliphatic heterocycles. The Hall–Kier alpha value is -1.61. The zero-order chi connectivity index (χ0) is 14.2. The monoisotopic (exact) mass is 257 g/mol. The Balaban J connectivity index is 2.71. The molecule has 0 bridgehead atoms. The van der Waals surface area contributed by atoms with Crippen LogP contribution in [-0.4, -0.2) is 16.8 Å². The van der Waals surface area contributed by atoms with Crippen molar-refractivity contribution in [1.29, 1.82) is 0 Å². The molecular weight excluding hydrogens is 234 g/mol. The van der Waals surface area contributed by atoms with Gasteiger partial charge in [0.05, 0.1) is 5.69 Å². The predicted octanol–water partition coefficient (Wildman–Crippen LogP) is 3.04. The van der Waals surface area contributed by atoms with Crippen LogP contribution in [0.25, 0.3) is 11.1 Å². The molecule has 0 unspecified atom stereocenters. The summed E-state index contributed by atoms with van der Waals surface area (Å²) in [5.41, 5.74) is 8.93. The van der Waals surface area contributed by atoms with E-state index in [-0.39, 0.29) is 0 Å². The van der Waals surface area contributed by atoms with E-state index in [2.05, 4.69) is 50.2 Å². The summed E-state index contributed by atoms with van der Waals surface area (Å²) in [6.07, 6.45) is 0. The predicted molar refractivity (Wildman–Crippen MR) is 80.4 cm³/mol. The van der Waals surface area contributed by atoms with E-state index in [0.29, 0.717) is 0 Å². The van der Waals surface area contributed by atoms with E-state index in [1.807, 2.05) is 18.8 Å². The number of rotatable bonds is 3. The van der Waals surface area contributed by atoms with Crippen molar-refractivity contribution in [2.45, 2.75) is 34.2 Å². The van der Waals surface area contributed by atoms with Gasteiger partial charge in [0.15, 0.2) is 0 Å². The first kappa shape index (κ1) is 13.8. The third-order valence-corrected chi connectivity index (χ3v) is 3.68. The summed E-state index contributed by atoms with van der Waals surface area (Å²) in [6, 6.07) is 4.50. The van der Waals surface area contributed by atoms with Gasteiger partial charge >= 0.3 is 0 Å². The number of hydrogen-bond acceptors (Lipinski definition) is 2. The second kappa shape index (κ2) is 5.17. The Morgan fingerprint density at radius 2 is 1.63 bits per heavy atom. The lowest BCUT2D eigenvalue weighted by molar-refractivity contribution is 0.698. The van der Waals surface area contributed by atoms with Crippen LogP contribution in [0.1, 0.15) is 28.1 Å². The van der Waals surface area contributed by atoms with Crippen LogP contribution in [0.3, 0.4) is 0 Å². The number of aromatic nitrogens is 2. The second-order valence-corrected chi connectivity index (χ2v) is 5.33. The maximum absolute atomic E-state index is 4.64. The smallest absolute Gasteiger partial charge is 0.0843 e. The van der Waals surface area contributed by atoms with Gasteiger partial charge in [0.1, 0.15) is 0 Å². The highest BCUT2D eigenvalue weighted by atomic mass is 15.3. The number of hydrogen-bond donors (Lipinski definition) is 1. The molecule has 0 atom stereocenters. The molecule has 102 valence electrons. The molecule has 3 heteroatoms. The van der Waals surface area contributed by atoms with Crippen LogP contribution in [0.2, 0.25) is 0 Å². The van der Waals surface area contributed by atoms with E-state index >= 15 is 0 Å². The summed E-state index contributed by atoms with van der Waals surface area (Å²) in [6.45, 7) is 9.45. The molecule has 0 radical (unpaired) electrons. The van der Waals surface area contributed by atoms with Crippen molar-refractivity contribution in [3.63, 3.8) is 0 Å². The van der Waals surface area contributed by atoms with Gasteiger partial charge < -0.3 is 5.32 Å². The first-order valence-electron chi connectivity index (χ1n) is 6.71. The average molecular weight is 257 g/mol. The summed E-state index contributed by atoms with van der Waals surface area (Å²) < 4.78 is 1.97. The van der Waals surface area contributed by atoms with Crippen molar-refractivity contribution in [3.8, 4) is 11.1 Å². The molecule has 1 heterocycles.